The second kappa shape index (κ2) is 7.89. The van der Waals surface area contributed by atoms with Gasteiger partial charge in [0, 0.05) is 50.5 Å². The number of anilines is 3. The lowest BCUT2D eigenvalue weighted by Gasteiger charge is -2.39. The predicted molar refractivity (Wildman–Crippen MR) is 109 cm³/mol. The number of likely N-dealkylation sites (N-methyl/N-ethyl adjacent to an activating group) is 1. The maximum Gasteiger partial charge on any atom is 0.226 e. The molecule has 0 amide bonds. The third-order valence-corrected chi connectivity index (χ3v) is 5.63. The molecule has 150 valence electrons. The molecule has 0 aliphatic carbocycles. The Morgan fingerprint density at radius 3 is 2.68 bits per heavy atom. The number of nitrogens with zero attached hydrogens (tertiary/aromatic N) is 5. The van der Waals surface area contributed by atoms with Gasteiger partial charge >= 0.3 is 0 Å². The van der Waals surface area contributed by atoms with Gasteiger partial charge in [0.1, 0.15) is 5.82 Å². The molecule has 0 saturated carbocycles. The molecule has 1 aromatic heterocycles. The van der Waals surface area contributed by atoms with Gasteiger partial charge in [-0.1, -0.05) is 0 Å². The fourth-order valence-electron chi connectivity index (χ4n) is 3.73. The summed E-state index contributed by atoms with van der Waals surface area (Å²) in [6.45, 7) is 7.51. The smallest absolute Gasteiger partial charge is 0.226 e. The zero-order valence-electron chi connectivity index (χ0n) is 16.4. The standard InChI is InChI=1S/C20H27FN6O/c1-14-13-27(6-5-25(14)2)19-12-16(21)15(11-17(19)22)18-3-4-23-20(24-18)26-7-9-28-10-8-26/h3-4,11-12,14H,5-10,13,22H2,1-2H3. The van der Waals surface area contributed by atoms with E-state index in [4.69, 9.17) is 10.5 Å². The van der Waals surface area contributed by atoms with Gasteiger partial charge in [-0.25, -0.2) is 14.4 Å². The van der Waals surface area contributed by atoms with Gasteiger partial charge < -0.3 is 25.2 Å². The summed E-state index contributed by atoms with van der Waals surface area (Å²) < 4.78 is 20.4. The zero-order valence-corrected chi connectivity index (χ0v) is 16.4. The molecule has 2 N–H and O–H groups in total. The number of hydrogen-bond acceptors (Lipinski definition) is 7. The first-order chi connectivity index (χ1) is 13.5. The predicted octanol–water partition coefficient (Wildman–Crippen LogP) is 1.84. The van der Waals surface area contributed by atoms with Crippen LogP contribution in [0, 0.1) is 5.82 Å². The highest BCUT2D eigenvalue weighted by molar-refractivity contribution is 5.76. The van der Waals surface area contributed by atoms with Gasteiger partial charge in [0.2, 0.25) is 5.95 Å². The van der Waals surface area contributed by atoms with Gasteiger partial charge in [-0.15, -0.1) is 0 Å². The van der Waals surface area contributed by atoms with Gasteiger partial charge in [-0.2, -0.15) is 0 Å². The summed E-state index contributed by atoms with van der Waals surface area (Å²) in [5.74, 6) is 0.276. The largest absolute Gasteiger partial charge is 0.397 e. The SMILES string of the molecule is CC1CN(c2cc(F)c(-c3ccnc(N4CCOCC4)n3)cc2N)CCN1C. The number of piperazine rings is 1. The molecular formula is C20H27FN6O. The van der Waals surface area contributed by atoms with Crippen LogP contribution in [0.3, 0.4) is 0 Å². The van der Waals surface area contributed by atoms with Crippen molar-refractivity contribution < 1.29 is 9.13 Å². The van der Waals surface area contributed by atoms with Crippen LogP contribution in [0.1, 0.15) is 6.92 Å². The molecule has 2 aliphatic heterocycles. The fraction of sp³-hybridized carbons (Fsp3) is 0.500. The Bertz CT molecular complexity index is 841. The molecule has 0 spiro atoms. The summed E-state index contributed by atoms with van der Waals surface area (Å²) >= 11 is 0. The van der Waals surface area contributed by atoms with Crippen LogP contribution in [0.15, 0.2) is 24.4 Å². The van der Waals surface area contributed by atoms with Crippen LogP contribution >= 0.6 is 0 Å². The lowest BCUT2D eigenvalue weighted by molar-refractivity contribution is 0.122. The van der Waals surface area contributed by atoms with E-state index in [9.17, 15) is 0 Å². The Kier molecular flexibility index (Phi) is 5.32. The summed E-state index contributed by atoms with van der Waals surface area (Å²) in [5, 5.41) is 0. The van der Waals surface area contributed by atoms with Crippen LogP contribution in [0.25, 0.3) is 11.3 Å². The zero-order chi connectivity index (χ0) is 19.7. The number of rotatable bonds is 3. The molecular weight excluding hydrogens is 359 g/mol. The number of aromatic nitrogens is 2. The van der Waals surface area contributed by atoms with Gasteiger partial charge in [-0.3, -0.25) is 0 Å². The Balaban J connectivity index is 1.62. The molecule has 2 saturated heterocycles. The molecule has 8 heteroatoms. The van der Waals surface area contributed by atoms with E-state index < -0.39 is 0 Å². The van der Waals surface area contributed by atoms with Gasteiger partial charge in [0.25, 0.3) is 0 Å². The molecule has 1 atom stereocenters. The van der Waals surface area contributed by atoms with Crippen LogP contribution < -0.4 is 15.5 Å². The van der Waals surface area contributed by atoms with E-state index >= 15 is 4.39 Å². The van der Waals surface area contributed by atoms with E-state index in [0.717, 1.165) is 38.4 Å². The maximum atomic E-state index is 15.0. The molecule has 2 aliphatic rings. The number of hydrogen-bond donors (Lipinski definition) is 1. The van der Waals surface area contributed by atoms with Crippen LogP contribution in [0.2, 0.25) is 0 Å². The molecule has 2 fully saturated rings. The number of benzene rings is 1. The highest BCUT2D eigenvalue weighted by Gasteiger charge is 2.24. The monoisotopic (exact) mass is 386 g/mol. The number of ether oxygens (including phenoxy) is 1. The average Bonchev–Trinajstić information content (AvgIpc) is 2.72. The van der Waals surface area contributed by atoms with E-state index in [1.807, 2.05) is 4.90 Å². The maximum absolute atomic E-state index is 15.0. The first-order valence-electron chi connectivity index (χ1n) is 9.73. The van der Waals surface area contributed by atoms with E-state index in [0.29, 0.717) is 42.1 Å². The molecule has 0 radical (unpaired) electrons. The van der Waals surface area contributed by atoms with Crippen molar-refractivity contribution in [3.05, 3.63) is 30.2 Å². The summed E-state index contributed by atoms with van der Waals surface area (Å²) in [6.07, 6.45) is 1.67. The first-order valence-corrected chi connectivity index (χ1v) is 9.73. The molecule has 0 bridgehead atoms. The number of morpholine rings is 1. The van der Waals surface area contributed by atoms with Crippen LogP contribution in [-0.2, 0) is 4.74 Å². The first kappa shape index (κ1) is 18.9. The van der Waals surface area contributed by atoms with Gasteiger partial charge in [0.05, 0.1) is 30.3 Å². The Morgan fingerprint density at radius 2 is 1.93 bits per heavy atom. The normalized spacial score (nSPS) is 21.2. The van der Waals surface area contributed by atoms with Crippen molar-refractivity contribution in [1.29, 1.82) is 0 Å². The fourth-order valence-corrected chi connectivity index (χ4v) is 3.73. The van der Waals surface area contributed by atoms with Gasteiger partial charge in [0.15, 0.2) is 0 Å². The molecule has 4 rings (SSSR count). The van der Waals surface area contributed by atoms with Crippen molar-refractivity contribution in [3.8, 4) is 11.3 Å². The summed E-state index contributed by atoms with van der Waals surface area (Å²) in [7, 11) is 2.11. The topological polar surface area (TPSA) is 70.8 Å². The third-order valence-electron chi connectivity index (χ3n) is 5.63. The quantitative estimate of drug-likeness (QED) is 0.807. The van der Waals surface area contributed by atoms with E-state index in [1.54, 1.807) is 24.4 Å². The second-order valence-corrected chi connectivity index (χ2v) is 7.51. The molecule has 7 nitrogen and oxygen atoms in total. The summed E-state index contributed by atoms with van der Waals surface area (Å²) in [4.78, 5) is 15.4. The van der Waals surface area contributed by atoms with E-state index in [1.165, 1.54) is 0 Å². The van der Waals surface area contributed by atoms with Crippen LogP contribution in [-0.4, -0.2) is 73.9 Å². The molecule has 28 heavy (non-hydrogen) atoms. The molecule has 1 aromatic carbocycles. The van der Waals surface area contributed by atoms with Crippen LogP contribution in [0.4, 0.5) is 21.7 Å². The highest BCUT2D eigenvalue weighted by Crippen LogP contribution is 2.33. The minimum absolute atomic E-state index is 0.317. The van der Waals surface area contributed by atoms with E-state index in [-0.39, 0.29) is 5.82 Å². The summed E-state index contributed by atoms with van der Waals surface area (Å²) in [5.41, 5.74) is 8.59. The number of nitrogens with two attached hydrogens (primary N) is 1. The Morgan fingerprint density at radius 1 is 1.14 bits per heavy atom. The van der Waals surface area contributed by atoms with Gasteiger partial charge in [-0.05, 0) is 32.2 Å². The minimum atomic E-state index is -0.317. The molecule has 1 unspecified atom stereocenters. The van der Waals surface area contributed by atoms with Crippen LogP contribution in [0.5, 0.6) is 0 Å². The van der Waals surface area contributed by atoms with E-state index in [2.05, 4.69) is 33.7 Å². The Hall–Kier alpha value is -2.45. The minimum Gasteiger partial charge on any atom is -0.397 e. The Labute approximate surface area is 164 Å². The van der Waals surface area contributed by atoms with Crippen molar-refractivity contribution in [2.75, 3.05) is 68.5 Å². The molecule has 3 heterocycles. The van der Waals surface area contributed by atoms with Crippen molar-refractivity contribution in [2.45, 2.75) is 13.0 Å². The number of halogens is 1. The van der Waals surface area contributed by atoms with Crippen molar-refractivity contribution >= 4 is 17.3 Å². The lowest BCUT2D eigenvalue weighted by atomic mass is 10.1. The summed E-state index contributed by atoms with van der Waals surface area (Å²) in [6, 6.07) is 5.35. The highest BCUT2D eigenvalue weighted by atomic mass is 19.1. The lowest BCUT2D eigenvalue weighted by Crippen LogP contribution is -2.50. The van der Waals surface area contributed by atoms with Crippen molar-refractivity contribution in [2.24, 2.45) is 0 Å². The molecule has 2 aromatic rings. The van der Waals surface area contributed by atoms with Crippen molar-refractivity contribution in [3.63, 3.8) is 0 Å². The average molecular weight is 386 g/mol. The number of nitrogen functional groups attached to an aromatic ring is 1. The third kappa shape index (κ3) is 3.74. The van der Waals surface area contributed by atoms with Crippen molar-refractivity contribution in [1.82, 2.24) is 14.9 Å². The second-order valence-electron chi connectivity index (χ2n) is 7.51.